The minimum absolute atomic E-state index is 0.442. The molecule has 0 atom stereocenters. The molecular weight excluding hydrogens is 188 g/mol. The van der Waals surface area contributed by atoms with Gasteiger partial charge in [0.15, 0.2) is 0 Å². The first-order chi connectivity index (χ1) is 7.19. The van der Waals surface area contributed by atoms with Gasteiger partial charge in [0, 0.05) is 0 Å². The van der Waals surface area contributed by atoms with Crippen molar-refractivity contribution in [3.05, 3.63) is 34.9 Å². The van der Waals surface area contributed by atoms with E-state index in [2.05, 4.69) is 6.92 Å². The first-order valence-corrected chi connectivity index (χ1v) is 5.54. The average molecular weight is 206 g/mol. The van der Waals surface area contributed by atoms with Crippen LogP contribution in [0.25, 0.3) is 0 Å². The Labute approximate surface area is 90.9 Å². The van der Waals surface area contributed by atoms with E-state index in [9.17, 15) is 4.79 Å². The van der Waals surface area contributed by atoms with Gasteiger partial charge in [-0.05, 0) is 36.5 Å². The molecule has 1 rings (SSSR count). The van der Waals surface area contributed by atoms with Crippen molar-refractivity contribution in [3.8, 4) is 0 Å². The predicted octanol–water partition coefficient (Wildman–Crippen LogP) is 3.29. The molecule has 1 aromatic rings. The molecule has 0 saturated heterocycles. The molecule has 0 radical (unpaired) electrons. The third-order valence-corrected chi connectivity index (χ3v) is 2.60. The fraction of sp³-hybridized carbons (Fsp3) is 0.462. The Morgan fingerprint density at radius 2 is 2.07 bits per heavy atom. The van der Waals surface area contributed by atoms with Gasteiger partial charge >= 0.3 is 5.97 Å². The van der Waals surface area contributed by atoms with Gasteiger partial charge in [0.2, 0.25) is 0 Å². The van der Waals surface area contributed by atoms with Crippen LogP contribution in [-0.2, 0) is 12.8 Å². The number of carboxylic acids is 1. The second-order valence-corrected chi connectivity index (χ2v) is 3.75. The zero-order valence-corrected chi connectivity index (χ0v) is 9.42. The molecule has 0 spiro atoms. The SMILES string of the molecule is CCCCc1ccc(C(=O)O)c(CC)c1. The lowest BCUT2D eigenvalue weighted by Crippen LogP contribution is -2.02. The number of benzene rings is 1. The smallest absolute Gasteiger partial charge is 0.335 e. The number of hydrogen-bond donors (Lipinski definition) is 1. The van der Waals surface area contributed by atoms with Crippen LogP contribution in [0.2, 0.25) is 0 Å². The second kappa shape index (κ2) is 5.54. The van der Waals surface area contributed by atoms with Crippen LogP contribution < -0.4 is 0 Å². The van der Waals surface area contributed by atoms with Crippen LogP contribution >= 0.6 is 0 Å². The summed E-state index contributed by atoms with van der Waals surface area (Å²) in [6, 6.07) is 5.68. The average Bonchev–Trinajstić information content (AvgIpc) is 2.25. The van der Waals surface area contributed by atoms with Crippen LogP contribution in [0.15, 0.2) is 18.2 Å². The van der Waals surface area contributed by atoms with Crippen molar-refractivity contribution in [2.24, 2.45) is 0 Å². The molecule has 2 heteroatoms. The van der Waals surface area contributed by atoms with Crippen molar-refractivity contribution < 1.29 is 9.90 Å². The van der Waals surface area contributed by atoms with Crippen molar-refractivity contribution in [1.82, 2.24) is 0 Å². The number of aromatic carboxylic acids is 1. The Kier molecular flexibility index (Phi) is 4.35. The van der Waals surface area contributed by atoms with Crippen molar-refractivity contribution in [2.75, 3.05) is 0 Å². The van der Waals surface area contributed by atoms with E-state index in [1.165, 1.54) is 12.0 Å². The molecule has 0 fully saturated rings. The Hall–Kier alpha value is -1.31. The zero-order valence-electron chi connectivity index (χ0n) is 9.42. The van der Waals surface area contributed by atoms with Crippen LogP contribution in [0, 0.1) is 0 Å². The Morgan fingerprint density at radius 1 is 1.33 bits per heavy atom. The van der Waals surface area contributed by atoms with Gasteiger partial charge in [0.1, 0.15) is 0 Å². The third kappa shape index (κ3) is 3.08. The zero-order chi connectivity index (χ0) is 11.3. The van der Waals surface area contributed by atoms with E-state index < -0.39 is 5.97 Å². The maximum absolute atomic E-state index is 10.9. The van der Waals surface area contributed by atoms with Gasteiger partial charge in [-0.15, -0.1) is 0 Å². The first kappa shape index (κ1) is 11.8. The third-order valence-electron chi connectivity index (χ3n) is 2.60. The molecule has 0 aliphatic heterocycles. The summed E-state index contributed by atoms with van der Waals surface area (Å²) < 4.78 is 0. The Morgan fingerprint density at radius 3 is 2.60 bits per heavy atom. The standard InChI is InChI=1S/C13H18O2/c1-3-5-6-10-7-8-12(13(14)15)11(4-2)9-10/h7-9H,3-6H2,1-2H3,(H,14,15). The number of hydrogen-bond acceptors (Lipinski definition) is 1. The van der Waals surface area contributed by atoms with Crippen LogP contribution in [-0.4, -0.2) is 11.1 Å². The number of carbonyl (C=O) groups is 1. The summed E-state index contributed by atoms with van der Waals surface area (Å²) in [6.07, 6.45) is 4.16. The maximum Gasteiger partial charge on any atom is 0.335 e. The van der Waals surface area contributed by atoms with Gasteiger partial charge in [-0.2, -0.15) is 0 Å². The predicted molar refractivity (Wildman–Crippen MR) is 61.4 cm³/mol. The molecule has 82 valence electrons. The second-order valence-electron chi connectivity index (χ2n) is 3.75. The first-order valence-electron chi connectivity index (χ1n) is 5.54. The van der Waals surface area contributed by atoms with Crippen molar-refractivity contribution >= 4 is 5.97 Å². The van der Waals surface area contributed by atoms with Gasteiger partial charge in [0.05, 0.1) is 5.56 Å². The lowest BCUT2D eigenvalue weighted by molar-refractivity contribution is 0.0695. The fourth-order valence-corrected chi connectivity index (χ4v) is 1.68. The number of aryl methyl sites for hydroxylation is 2. The van der Waals surface area contributed by atoms with E-state index in [0.29, 0.717) is 5.56 Å². The summed E-state index contributed by atoms with van der Waals surface area (Å²) in [4.78, 5) is 10.9. The normalized spacial score (nSPS) is 10.3. The molecule has 0 saturated carbocycles. The molecular formula is C13H18O2. The van der Waals surface area contributed by atoms with E-state index >= 15 is 0 Å². The molecule has 0 aliphatic rings. The van der Waals surface area contributed by atoms with Crippen LogP contribution in [0.4, 0.5) is 0 Å². The Bertz CT molecular complexity index is 342. The van der Waals surface area contributed by atoms with E-state index in [1.807, 2.05) is 19.1 Å². The van der Waals surface area contributed by atoms with Crippen LogP contribution in [0.5, 0.6) is 0 Å². The molecule has 0 aromatic heterocycles. The lowest BCUT2D eigenvalue weighted by atomic mass is 9.99. The topological polar surface area (TPSA) is 37.3 Å². The monoisotopic (exact) mass is 206 g/mol. The number of carboxylic acid groups (broad SMARTS) is 1. The van der Waals surface area contributed by atoms with E-state index in [4.69, 9.17) is 5.11 Å². The molecule has 0 aliphatic carbocycles. The molecule has 0 heterocycles. The molecule has 15 heavy (non-hydrogen) atoms. The summed E-state index contributed by atoms with van der Waals surface area (Å²) in [5, 5.41) is 8.96. The highest BCUT2D eigenvalue weighted by molar-refractivity contribution is 5.89. The van der Waals surface area contributed by atoms with Crippen molar-refractivity contribution in [3.63, 3.8) is 0 Å². The Balaban J connectivity index is 2.92. The van der Waals surface area contributed by atoms with Gasteiger partial charge < -0.3 is 5.11 Å². The summed E-state index contributed by atoms with van der Waals surface area (Å²) in [6.45, 7) is 4.15. The van der Waals surface area contributed by atoms with Gasteiger partial charge in [-0.3, -0.25) is 0 Å². The minimum atomic E-state index is -0.825. The summed E-state index contributed by atoms with van der Waals surface area (Å²) >= 11 is 0. The van der Waals surface area contributed by atoms with Crippen LogP contribution in [0.3, 0.4) is 0 Å². The maximum atomic E-state index is 10.9. The molecule has 0 amide bonds. The van der Waals surface area contributed by atoms with Gasteiger partial charge in [-0.1, -0.05) is 32.4 Å². The van der Waals surface area contributed by atoms with Crippen molar-refractivity contribution in [1.29, 1.82) is 0 Å². The van der Waals surface area contributed by atoms with E-state index in [0.717, 1.165) is 24.8 Å². The molecule has 0 bridgehead atoms. The van der Waals surface area contributed by atoms with Crippen LogP contribution in [0.1, 0.15) is 48.2 Å². The highest BCUT2D eigenvalue weighted by Crippen LogP contribution is 2.14. The fourth-order valence-electron chi connectivity index (χ4n) is 1.68. The molecule has 2 nitrogen and oxygen atoms in total. The van der Waals surface area contributed by atoms with E-state index in [-0.39, 0.29) is 0 Å². The van der Waals surface area contributed by atoms with E-state index in [1.54, 1.807) is 6.07 Å². The molecule has 1 aromatic carbocycles. The quantitative estimate of drug-likeness (QED) is 0.802. The highest BCUT2D eigenvalue weighted by atomic mass is 16.4. The lowest BCUT2D eigenvalue weighted by Gasteiger charge is -2.06. The minimum Gasteiger partial charge on any atom is -0.478 e. The summed E-state index contributed by atoms with van der Waals surface area (Å²) in [5.41, 5.74) is 2.63. The van der Waals surface area contributed by atoms with Gasteiger partial charge in [-0.25, -0.2) is 4.79 Å². The molecule has 1 N–H and O–H groups in total. The molecule has 0 unspecified atom stereocenters. The highest BCUT2D eigenvalue weighted by Gasteiger charge is 2.08. The largest absolute Gasteiger partial charge is 0.478 e. The number of rotatable bonds is 5. The number of unbranched alkanes of at least 4 members (excludes halogenated alkanes) is 1. The van der Waals surface area contributed by atoms with Gasteiger partial charge in [0.25, 0.3) is 0 Å². The van der Waals surface area contributed by atoms with Crippen molar-refractivity contribution in [2.45, 2.75) is 39.5 Å². The summed E-state index contributed by atoms with van der Waals surface area (Å²) in [5.74, 6) is -0.825. The summed E-state index contributed by atoms with van der Waals surface area (Å²) in [7, 11) is 0.